The van der Waals surface area contributed by atoms with Gasteiger partial charge in [0.1, 0.15) is 0 Å². The standard InChI is InChI=1S/C16H23N3O/c1-16(2)10-14-13(15(20)11-16)4-8-19(14)7-3-6-18-9-5-17-12-18/h4-5,8-9,12,15,20H,3,6-7,10-11H2,1-2H3. The lowest BCUT2D eigenvalue weighted by Gasteiger charge is -2.34. The number of aryl methyl sites for hydroxylation is 2. The highest BCUT2D eigenvalue weighted by Crippen LogP contribution is 2.41. The molecule has 4 nitrogen and oxygen atoms in total. The zero-order chi connectivity index (χ0) is 14.2. The van der Waals surface area contributed by atoms with Gasteiger partial charge in [0, 0.05) is 42.9 Å². The SMILES string of the molecule is CC1(C)Cc2c(ccn2CCCn2ccnc2)C(O)C1. The summed E-state index contributed by atoms with van der Waals surface area (Å²) in [5, 5.41) is 10.3. The Bertz CT molecular complexity index is 569. The summed E-state index contributed by atoms with van der Waals surface area (Å²) in [6, 6.07) is 2.09. The molecule has 0 saturated carbocycles. The molecule has 0 saturated heterocycles. The highest BCUT2D eigenvalue weighted by atomic mass is 16.3. The molecule has 1 aliphatic carbocycles. The Morgan fingerprint density at radius 2 is 2.20 bits per heavy atom. The van der Waals surface area contributed by atoms with Crippen LogP contribution in [0.4, 0.5) is 0 Å². The fraction of sp³-hybridized carbons (Fsp3) is 0.562. The van der Waals surface area contributed by atoms with Crippen molar-refractivity contribution in [1.82, 2.24) is 14.1 Å². The molecule has 20 heavy (non-hydrogen) atoms. The van der Waals surface area contributed by atoms with Crippen molar-refractivity contribution >= 4 is 0 Å². The molecule has 0 aromatic carbocycles. The van der Waals surface area contributed by atoms with Gasteiger partial charge < -0.3 is 14.2 Å². The third-order valence-electron chi connectivity index (χ3n) is 4.24. The largest absolute Gasteiger partial charge is 0.388 e. The van der Waals surface area contributed by atoms with E-state index < -0.39 is 0 Å². The summed E-state index contributed by atoms with van der Waals surface area (Å²) in [6.45, 7) is 6.46. The van der Waals surface area contributed by atoms with Crippen LogP contribution in [0, 0.1) is 5.41 Å². The van der Waals surface area contributed by atoms with Gasteiger partial charge >= 0.3 is 0 Å². The summed E-state index contributed by atoms with van der Waals surface area (Å²) in [6.07, 6.45) is 10.5. The Kier molecular flexibility index (Phi) is 3.42. The van der Waals surface area contributed by atoms with Gasteiger partial charge in [-0.15, -0.1) is 0 Å². The van der Waals surface area contributed by atoms with E-state index in [-0.39, 0.29) is 11.5 Å². The molecule has 2 heterocycles. The summed E-state index contributed by atoms with van der Waals surface area (Å²) in [7, 11) is 0. The van der Waals surface area contributed by atoms with Gasteiger partial charge in [-0.25, -0.2) is 4.98 Å². The van der Waals surface area contributed by atoms with E-state index in [0.29, 0.717) is 0 Å². The second kappa shape index (κ2) is 5.09. The molecule has 2 aromatic rings. The fourth-order valence-corrected chi connectivity index (χ4v) is 3.24. The number of aliphatic hydroxyl groups excluding tert-OH is 1. The normalized spacial score (nSPS) is 20.9. The molecule has 108 valence electrons. The summed E-state index contributed by atoms with van der Waals surface area (Å²) in [4.78, 5) is 4.06. The van der Waals surface area contributed by atoms with E-state index in [4.69, 9.17) is 0 Å². The molecule has 0 radical (unpaired) electrons. The van der Waals surface area contributed by atoms with Gasteiger partial charge in [0.15, 0.2) is 0 Å². The molecular weight excluding hydrogens is 250 g/mol. The lowest BCUT2D eigenvalue weighted by atomic mass is 9.75. The van der Waals surface area contributed by atoms with Gasteiger partial charge in [-0.05, 0) is 30.7 Å². The monoisotopic (exact) mass is 273 g/mol. The highest BCUT2D eigenvalue weighted by Gasteiger charge is 2.32. The van der Waals surface area contributed by atoms with Gasteiger partial charge in [0.05, 0.1) is 12.4 Å². The maximum atomic E-state index is 10.3. The van der Waals surface area contributed by atoms with E-state index in [9.17, 15) is 5.11 Å². The van der Waals surface area contributed by atoms with Crippen molar-refractivity contribution in [3.8, 4) is 0 Å². The van der Waals surface area contributed by atoms with E-state index in [0.717, 1.165) is 37.9 Å². The smallest absolute Gasteiger partial charge is 0.0945 e. The van der Waals surface area contributed by atoms with Crippen LogP contribution in [0.2, 0.25) is 0 Å². The third-order valence-corrected chi connectivity index (χ3v) is 4.24. The number of rotatable bonds is 4. The fourth-order valence-electron chi connectivity index (χ4n) is 3.24. The molecule has 2 aromatic heterocycles. The predicted molar refractivity (Wildman–Crippen MR) is 78.3 cm³/mol. The maximum absolute atomic E-state index is 10.3. The molecule has 1 atom stereocenters. The van der Waals surface area contributed by atoms with Gasteiger partial charge in [-0.1, -0.05) is 13.8 Å². The second-order valence-electron chi connectivity index (χ2n) is 6.63. The van der Waals surface area contributed by atoms with Crippen molar-refractivity contribution in [2.45, 2.75) is 52.3 Å². The minimum absolute atomic E-state index is 0.187. The summed E-state index contributed by atoms with van der Waals surface area (Å²) < 4.78 is 4.42. The Morgan fingerprint density at radius 3 is 2.95 bits per heavy atom. The van der Waals surface area contributed by atoms with Crippen LogP contribution < -0.4 is 0 Å². The molecule has 0 bridgehead atoms. The van der Waals surface area contributed by atoms with Crippen molar-refractivity contribution in [3.63, 3.8) is 0 Å². The second-order valence-corrected chi connectivity index (χ2v) is 6.63. The van der Waals surface area contributed by atoms with Crippen molar-refractivity contribution in [2.75, 3.05) is 0 Å². The lowest BCUT2D eigenvalue weighted by molar-refractivity contribution is 0.0979. The van der Waals surface area contributed by atoms with Crippen molar-refractivity contribution < 1.29 is 5.11 Å². The minimum atomic E-state index is -0.302. The summed E-state index contributed by atoms with van der Waals surface area (Å²) in [5.74, 6) is 0. The van der Waals surface area contributed by atoms with Crippen LogP contribution in [0.15, 0.2) is 31.0 Å². The molecule has 0 fully saturated rings. The number of aromatic nitrogens is 3. The zero-order valence-electron chi connectivity index (χ0n) is 12.3. The summed E-state index contributed by atoms with van der Waals surface area (Å²) >= 11 is 0. The zero-order valence-corrected chi connectivity index (χ0v) is 12.3. The number of imidazole rings is 1. The molecule has 1 unspecified atom stereocenters. The minimum Gasteiger partial charge on any atom is -0.388 e. The molecule has 0 aliphatic heterocycles. The molecule has 3 rings (SSSR count). The Balaban J connectivity index is 1.69. The Morgan fingerprint density at radius 1 is 1.35 bits per heavy atom. The van der Waals surface area contributed by atoms with E-state index in [2.05, 4.69) is 40.2 Å². The van der Waals surface area contributed by atoms with Crippen molar-refractivity contribution in [3.05, 3.63) is 42.2 Å². The number of nitrogens with zero attached hydrogens (tertiary/aromatic N) is 3. The first-order valence-electron chi connectivity index (χ1n) is 7.37. The van der Waals surface area contributed by atoms with Crippen molar-refractivity contribution in [1.29, 1.82) is 0 Å². The molecule has 1 N–H and O–H groups in total. The topological polar surface area (TPSA) is 43.0 Å². The van der Waals surface area contributed by atoms with Gasteiger partial charge in [0.2, 0.25) is 0 Å². The van der Waals surface area contributed by atoms with Gasteiger partial charge in [-0.2, -0.15) is 0 Å². The van der Waals surface area contributed by atoms with Crippen LogP contribution in [-0.2, 0) is 19.5 Å². The van der Waals surface area contributed by atoms with E-state index >= 15 is 0 Å². The number of hydrogen-bond donors (Lipinski definition) is 1. The van der Waals surface area contributed by atoms with Crippen LogP contribution in [0.1, 0.15) is 44.1 Å². The quantitative estimate of drug-likeness (QED) is 0.931. The number of aliphatic hydroxyl groups is 1. The van der Waals surface area contributed by atoms with Gasteiger partial charge in [-0.3, -0.25) is 0 Å². The lowest BCUT2D eigenvalue weighted by Crippen LogP contribution is -2.26. The van der Waals surface area contributed by atoms with Crippen LogP contribution in [0.5, 0.6) is 0 Å². The van der Waals surface area contributed by atoms with Crippen LogP contribution in [-0.4, -0.2) is 19.2 Å². The summed E-state index contributed by atoms with van der Waals surface area (Å²) in [5.41, 5.74) is 2.64. The van der Waals surface area contributed by atoms with E-state index in [1.165, 1.54) is 5.69 Å². The molecule has 0 amide bonds. The van der Waals surface area contributed by atoms with Crippen LogP contribution >= 0.6 is 0 Å². The average molecular weight is 273 g/mol. The molecule has 0 spiro atoms. The van der Waals surface area contributed by atoms with Crippen LogP contribution in [0.25, 0.3) is 0 Å². The first kappa shape index (κ1) is 13.4. The predicted octanol–water partition coefficient (Wildman–Crippen LogP) is 2.78. The van der Waals surface area contributed by atoms with Crippen molar-refractivity contribution in [2.24, 2.45) is 5.41 Å². The molecule has 4 heteroatoms. The number of hydrogen-bond acceptors (Lipinski definition) is 2. The Hall–Kier alpha value is -1.55. The van der Waals surface area contributed by atoms with Gasteiger partial charge in [0.25, 0.3) is 0 Å². The number of fused-ring (bicyclic) bond motifs is 1. The first-order chi connectivity index (χ1) is 9.55. The maximum Gasteiger partial charge on any atom is 0.0945 e. The first-order valence-corrected chi connectivity index (χ1v) is 7.37. The van der Waals surface area contributed by atoms with E-state index in [1.807, 2.05) is 18.7 Å². The average Bonchev–Trinajstić information content (AvgIpc) is 2.98. The third kappa shape index (κ3) is 2.66. The Labute approximate surface area is 120 Å². The molecule has 1 aliphatic rings. The molecular formula is C16H23N3O. The van der Waals surface area contributed by atoms with Crippen LogP contribution in [0.3, 0.4) is 0 Å². The highest BCUT2D eigenvalue weighted by molar-refractivity contribution is 5.29. The van der Waals surface area contributed by atoms with E-state index in [1.54, 1.807) is 0 Å².